The predicted molar refractivity (Wildman–Crippen MR) is 78.2 cm³/mol. The highest BCUT2D eigenvalue weighted by atomic mass is 32.2. The third kappa shape index (κ3) is 6.35. The van der Waals surface area contributed by atoms with E-state index < -0.39 is 0 Å². The normalized spacial score (nSPS) is 12.8. The second-order valence-electron chi connectivity index (χ2n) is 3.78. The van der Waals surface area contributed by atoms with Crippen LogP contribution in [0.25, 0.3) is 6.08 Å². The lowest BCUT2D eigenvalue weighted by atomic mass is 10.2. The second-order valence-corrected chi connectivity index (χ2v) is 5.13. The number of benzene rings is 1. The molecule has 2 heteroatoms. The van der Waals surface area contributed by atoms with Gasteiger partial charge in [0.2, 0.25) is 0 Å². The first-order valence-electron chi connectivity index (χ1n) is 5.93. The van der Waals surface area contributed by atoms with Gasteiger partial charge in [-0.2, -0.15) is 11.8 Å². The summed E-state index contributed by atoms with van der Waals surface area (Å²) >= 11 is 1.87. The van der Waals surface area contributed by atoms with Crippen LogP contribution < -0.4 is 0 Å². The van der Waals surface area contributed by atoms with Crippen molar-refractivity contribution in [3.8, 4) is 0 Å². The first-order chi connectivity index (χ1) is 8.36. The maximum Gasteiger partial charge on any atom is 0.0438 e. The van der Waals surface area contributed by atoms with E-state index >= 15 is 0 Å². The van der Waals surface area contributed by atoms with Gasteiger partial charge in [-0.25, -0.2) is 0 Å². The molecule has 1 aromatic carbocycles. The SMILES string of the molecule is C=CCC(/C=C/c1ccccc1)SCCCO. The van der Waals surface area contributed by atoms with E-state index in [-0.39, 0.29) is 6.61 Å². The van der Waals surface area contributed by atoms with Crippen molar-refractivity contribution in [2.45, 2.75) is 18.1 Å². The largest absolute Gasteiger partial charge is 0.396 e. The summed E-state index contributed by atoms with van der Waals surface area (Å²) in [6.07, 6.45) is 8.15. The van der Waals surface area contributed by atoms with E-state index in [2.05, 4.69) is 30.9 Å². The van der Waals surface area contributed by atoms with Crippen LogP contribution in [0.4, 0.5) is 0 Å². The van der Waals surface area contributed by atoms with Crippen molar-refractivity contribution in [2.24, 2.45) is 0 Å². The van der Waals surface area contributed by atoms with E-state index in [4.69, 9.17) is 5.11 Å². The Morgan fingerprint density at radius 2 is 2.06 bits per heavy atom. The molecule has 1 rings (SSSR count). The molecular weight excluding hydrogens is 228 g/mol. The zero-order chi connectivity index (χ0) is 12.3. The Bertz CT molecular complexity index is 332. The lowest BCUT2D eigenvalue weighted by Gasteiger charge is -2.09. The van der Waals surface area contributed by atoms with Gasteiger partial charge in [0.05, 0.1) is 0 Å². The minimum absolute atomic E-state index is 0.274. The molecule has 0 amide bonds. The molecule has 0 aromatic heterocycles. The molecule has 0 aliphatic heterocycles. The summed E-state index contributed by atoms with van der Waals surface area (Å²) in [4.78, 5) is 0. The van der Waals surface area contributed by atoms with E-state index in [1.807, 2.05) is 36.0 Å². The lowest BCUT2D eigenvalue weighted by Crippen LogP contribution is -1.99. The minimum atomic E-state index is 0.274. The summed E-state index contributed by atoms with van der Waals surface area (Å²) in [6.45, 7) is 4.06. The molecule has 0 saturated carbocycles. The molecule has 1 unspecified atom stereocenters. The summed E-state index contributed by atoms with van der Waals surface area (Å²) in [5.41, 5.74) is 1.23. The molecular formula is C15H20OS. The number of aliphatic hydroxyl groups excluding tert-OH is 1. The predicted octanol–water partition coefficient (Wildman–Crippen LogP) is 3.76. The number of hydrogen-bond acceptors (Lipinski definition) is 2. The molecule has 0 fully saturated rings. The molecule has 0 bridgehead atoms. The van der Waals surface area contributed by atoms with Crippen molar-refractivity contribution >= 4 is 17.8 Å². The van der Waals surface area contributed by atoms with Crippen LogP contribution in [0.2, 0.25) is 0 Å². The van der Waals surface area contributed by atoms with Gasteiger partial charge in [0.15, 0.2) is 0 Å². The molecule has 1 aromatic rings. The first kappa shape index (κ1) is 14.1. The molecule has 0 aliphatic rings. The molecule has 0 radical (unpaired) electrons. The standard InChI is InChI=1S/C15H20OS/c1-2-7-15(17-13-6-12-16)11-10-14-8-4-3-5-9-14/h2-5,8-11,15-16H,1,6-7,12-13H2/b11-10+. The fourth-order valence-electron chi connectivity index (χ4n) is 1.45. The maximum absolute atomic E-state index is 8.77. The van der Waals surface area contributed by atoms with Crippen LogP contribution in [0.5, 0.6) is 0 Å². The number of aliphatic hydroxyl groups is 1. The van der Waals surface area contributed by atoms with Crippen molar-refractivity contribution in [2.75, 3.05) is 12.4 Å². The van der Waals surface area contributed by atoms with Crippen LogP contribution in [0.1, 0.15) is 18.4 Å². The van der Waals surface area contributed by atoms with Crippen LogP contribution >= 0.6 is 11.8 Å². The fourth-order valence-corrected chi connectivity index (χ4v) is 2.51. The van der Waals surface area contributed by atoms with E-state index in [1.165, 1.54) is 5.56 Å². The molecule has 17 heavy (non-hydrogen) atoms. The van der Waals surface area contributed by atoms with Crippen LogP contribution in [-0.2, 0) is 0 Å². The highest BCUT2D eigenvalue weighted by Crippen LogP contribution is 2.18. The van der Waals surface area contributed by atoms with Crippen molar-refractivity contribution in [1.82, 2.24) is 0 Å². The van der Waals surface area contributed by atoms with Crippen LogP contribution in [0.3, 0.4) is 0 Å². The highest BCUT2D eigenvalue weighted by molar-refractivity contribution is 8.00. The Kier molecular flexibility index (Phi) is 7.52. The molecule has 1 atom stereocenters. The molecule has 0 heterocycles. The van der Waals surface area contributed by atoms with Crippen LogP contribution in [0.15, 0.2) is 49.1 Å². The molecule has 0 spiro atoms. The summed E-state index contributed by atoms with van der Waals surface area (Å²) < 4.78 is 0. The fraction of sp³-hybridized carbons (Fsp3) is 0.333. The smallest absolute Gasteiger partial charge is 0.0438 e. The van der Waals surface area contributed by atoms with Gasteiger partial charge in [-0.05, 0) is 24.2 Å². The number of thioether (sulfide) groups is 1. The van der Waals surface area contributed by atoms with Crippen molar-refractivity contribution in [3.05, 3.63) is 54.6 Å². The molecule has 0 aliphatic carbocycles. The van der Waals surface area contributed by atoms with E-state index in [1.54, 1.807) is 0 Å². The molecule has 0 saturated heterocycles. The van der Waals surface area contributed by atoms with E-state index in [9.17, 15) is 0 Å². The van der Waals surface area contributed by atoms with Gasteiger partial charge in [-0.1, -0.05) is 48.6 Å². The van der Waals surface area contributed by atoms with Gasteiger partial charge in [0, 0.05) is 11.9 Å². The zero-order valence-electron chi connectivity index (χ0n) is 10.1. The van der Waals surface area contributed by atoms with E-state index in [0.29, 0.717) is 5.25 Å². The minimum Gasteiger partial charge on any atom is -0.396 e. The van der Waals surface area contributed by atoms with Gasteiger partial charge in [-0.15, -0.1) is 6.58 Å². The van der Waals surface area contributed by atoms with Crippen molar-refractivity contribution in [1.29, 1.82) is 0 Å². The Morgan fingerprint density at radius 1 is 1.29 bits per heavy atom. The highest BCUT2D eigenvalue weighted by Gasteiger charge is 2.02. The van der Waals surface area contributed by atoms with Gasteiger partial charge < -0.3 is 5.11 Å². The second kappa shape index (κ2) is 9.08. The number of rotatable bonds is 8. The summed E-state index contributed by atoms with van der Waals surface area (Å²) in [6, 6.07) is 10.3. The van der Waals surface area contributed by atoms with Gasteiger partial charge >= 0.3 is 0 Å². The van der Waals surface area contributed by atoms with Crippen molar-refractivity contribution in [3.63, 3.8) is 0 Å². The summed E-state index contributed by atoms with van der Waals surface area (Å²) in [7, 11) is 0. The Labute approximate surface area is 108 Å². The van der Waals surface area contributed by atoms with Gasteiger partial charge in [0.25, 0.3) is 0 Å². The lowest BCUT2D eigenvalue weighted by molar-refractivity contribution is 0.296. The Hall–Kier alpha value is -0.990. The summed E-state index contributed by atoms with van der Waals surface area (Å²) in [5.74, 6) is 0.994. The third-order valence-corrected chi connectivity index (χ3v) is 3.64. The number of hydrogen-bond donors (Lipinski definition) is 1. The van der Waals surface area contributed by atoms with Crippen LogP contribution in [-0.4, -0.2) is 22.7 Å². The van der Waals surface area contributed by atoms with Gasteiger partial charge in [0.1, 0.15) is 0 Å². The molecule has 1 N–H and O–H groups in total. The Balaban J connectivity index is 2.47. The zero-order valence-corrected chi connectivity index (χ0v) is 10.9. The molecule has 92 valence electrons. The quantitative estimate of drug-likeness (QED) is 0.558. The van der Waals surface area contributed by atoms with Crippen LogP contribution in [0, 0.1) is 0 Å². The van der Waals surface area contributed by atoms with Gasteiger partial charge in [-0.3, -0.25) is 0 Å². The monoisotopic (exact) mass is 248 g/mol. The topological polar surface area (TPSA) is 20.2 Å². The Morgan fingerprint density at radius 3 is 2.71 bits per heavy atom. The maximum atomic E-state index is 8.77. The van der Waals surface area contributed by atoms with Crippen molar-refractivity contribution < 1.29 is 5.11 Å². The average molecular weight is 248 g/mol. The third-order valence-electron chi connectivity index (χ3n) is 2.34. The summed E-state index contributed by atoms with van der Waals surface area (Å²) in [5, 5.41) is 9.22. The number of allylic oxidation sites excluding steroid dienone is 1. The average Bonchev–Trinajstić information content (AvgIpc) is 2.37. The van der Waals surface area contributed by atoms with E-state index in [0.717, 1.165) is 18.6 Å². The molecule has 1 nitrogen and oxygen atoms in total. The first-order valence-corrected chi connectivity index (χ1v) is 6.98.